The van der Waals surface area contributed by atoms with E-state index in [-0.39, 0.29) is 5.78 Å². The lowest BCUT2D eigenvalue weighted by Gasteiger charge is -2.07. The molecule has 0 amide bonds. The number of aryl methyl sites for hydroxylation is 2. The van der Waals surface area contributed by atoms with E-state index in [9.17, 15) is 4.79 Å². The van der Waals surface area contributed by atoms with Crippen LogP contribution < -0.4 is 14.0 Å². The van der Waals surface area contributed by atoms with Gasteiger partial charge in [-0.25, -0.2) is 0 Å². The van der Waals surface area contributed by atoms with Gasteiger partial charge in [0, 0.05) is 24.2 Å². The second-order valence-electron chi connectivity index (χ2n) is 6.56. The maximum atomic E-state index is 12.5. The van der Waals surface area contributed by atoms with E-state index in [1.165, 1.54) is 0 Å². The monoisotopic (exact) mass is 377 g/mol. The van der Waals surface area contributed by atoms with E-state index in [0.29, 0.717) is 18.7 Å². The molecule has 0 radical (unpaired) electrons. The van der Waals surface area contributed by atoms with Gasteiger partial charge in [0.05, 0.1) is 19.9 Å². The maximum absolute atomic E-state index is 12.5. The van der Waals surface area contributed by atoms with Crippen LogP contribution in [0, 0.1) is 6.92 Å². The van der Waals surface area contributed by atoms with Crippen molar-refractivity contribution >= 4 is 5.78 Å². The molecular weight excluding hydrogens is 352 g/mol. The largest absolute Gasteiger partial charge is 0.495 e. The highest BCUT2D eigenvalue weighted by atomic mass is 16.5. The van der Waals surface area contributed by atoms with Crippen LogP contribution in [0.4, 0.5) is 0 Å². The number of benzene rings is 1. The predicted molar refractivity (Wildman–Crippen MR) is 107 cm³/mol. The van der Waals surface area contributed by atoms with Crippen molar-refractivity contribution in [2.75, 3.05) is 13.7 Å². The predicted octanol–water partition coefficient (Wildman–Crippen LogP) is 3.58. The number of nitrogens with zero attached hydrogens (tertiary/aromatic N) is 2. The minimum atomic E-state index is 0.0800. The molecule has 0 saturated heterocycles. The van der Waals surface area contributed by atoms with Crippen LogP contribution in [0.25, 0.3) is 0 Å². The minimum Gasteiger partial charge on any atom is -0.495 e. The van der Waals surface area contributed by atoms with Gasteiger partial charge in [-0.3, -0.25) is 9.78 Å². The molecule has 0 aliphatic carbocycles. The third-order valence-corrected chi connectivity index (χ3v) is 4.51. The first-order valence-corrected chi connectivity index (χ1v) is 9.36. The van der Waals surface area contributed by atoms with Crippen LogP contribution in [0.1, 0.15) is 28.2 Å². The van der Waals surface area contributed by atoms with Gasteiger partial charge in [0.1, 0.15) is 5.75 Å². The van der Waals surface area contributed by atoms with Crippen LogP contribution in [0.2, 0.25) is 0 Å². The number of hydrogen-bond acceptors (Lipinski definition) is 4. The van der Waals surface area contributed by atoms with Crippen molar-refractivity contribution in [3.05, 3.63) is 83.9 Å². The summed E-state index contributed by atoms with van der Waals surface area (Å²) in [5.41, 5.74) is 2.74. The molecule has 144 valence electrons. The second-order valence-corrected chi connectivity index (χ2v) is 6.56. The van der Waals surface area contributed by atoms with E-state index >= 15 is 0 Å². The first-order valence-electron chi connectivity index (χ1n) is 9.36. The summed E-state index contributed by atoms with van der Waals surface area (Å²) < 4.78 is 12.9. The smallest absolute Gasteiger partial charge is 0.227 e. The minimum absolute atomic E-state index is 0.0800. The zero-order chi connectivity index (χ0) is 19.8. The highest BCUT2D eigenvalue weighted by molar-refractivity contribution is 5.94. The first-order chi connectivity index (χ1) is 13.7. The molecule has 0 bridgehead atoms. The Bertz CT molecular complexity index is 909. The van der Waals surface area contributed by atoms with Crippen LogP contribution in [0.5, 0.6) is 11.5 Å². The van der Waals surface area contributed by atoms with E-state index in [2.05, 4.69) is 4.98 Å². The molecule has 0 aliphatic heterocycles. The van der Waals surface area contributed by atoms with E-state index in [4.69, 9.17) is 9.47 Å². The fourth-order valence-electron chi connectivity index (χ4n) is 2.85. The van der Waals surface area contributed by atoms with E-state index in [1.54, 1.807) is 13.3 Å². The molecule has 5 heteroatoms. The van der Waals surface area contributed by atoms with Crippen LogP contribution in [-0.2, 0) is 13.0 Å². The molecule has 0 N–H and O–H groups in total. The van der Waals surface area contributed by atoms with Gasteiger partial charge in [-0.05, 0) is 31.0 Å². The number of carbonyl (C=O) groups is 1. The Labute approximate surface area is 165 Å². The number of carbonyl (C=O) groups excluding carboxylic acids is 1. The fourth-order valence-corrected chi connectivity index (χ4v) is 2.85. The van der Waals surface area contributed by atoms with Crippen molar-refractivity contribution in [1.29, 1.82) is 0 Å². The molecule has 0 aliphatic rings. The summed E-state index contributed by atoms with van der Waals surface area (Å²) in [6.45, 7) is 2.86. The summed E-state index contributed by atoms with van der Waals surface area (Å²) in [7, 11) is 1.63. The molecule has 2 heterocycles. The van der Waals surface area contributed by atoms with Crippen LogP contribution in [0.15, 0.2) is 67.0 Å². The number of aromatic nitrogens is 2. The lowest BCUT2D eigenvalue weighted by molar-refractivity contribution is -0.689. The SMILES string of the molecule is COc1ccc(CCCOc2ccc(C)[n+](CC(=O)c3ccccc3)c2)nc1. The van der Waals surface area contributed by atoms with Gasteiger partial charge in [0.2, 0.25) is 18.5 Å². The van der Waals surface area contributed by atoms with Crippen LogP contribution in [-0.4, -0.2) is 24.5 Å². The van der Waals surface area contributed by atoms with Gasteiger partial charge in [0.15, 0.2) is 11.4 Å². The molecule has 0 unspecified atom stereocenters. The number of rotatable bonds is 9. The van der Waals surface area contributed by atoms with Crippen molar-refractivity contribution in [3.8, 4) is 11.5 Å². The second kappa shape index (κ2) is 9.65. The molecule has 0 spiro atoms. The third kappa shape index (κ3) is 5.39. The average Bonchev–Trinajstić information content (AvgIpc) is 2.74. The lowest BCUT2D eigenvalue weighted by Crippen LogP contribution is -2.40. The summed E-state index contributed by atoms with van der Waals surface area (Å²) in [6, 6.07) is 17.1. The van der Waals surface area contributed by atoms with Gasteiger partial charge in [0.25, 0.3) is 0 Å². The van der Waals surface area contributed by atoms with Gasteiger partial charge < -0.3 is 9.47 Å². The zero-order valence-corrected chi connectivity index (χ0v) is 16.3. The molecule has 28 heavy (non-hydrogen) atoms. The number of hydrogen-bond donors (Lipinski definition) is 0. The van der Waals surface area contributed by atoms with Crippen LogP contribution >= 0.6 is 0 Å². The highest BCUT2D eigenvalue weighted by Crippen LogP contribution is 2.11. The number of methoxy groups -OCH3 is 1. The summed E-state index contributed by atoms with van der Waals surface area (Å²) in [6.07, 6.45) is 5.31. The Kier molecular flexibility index (Phi) is 6.73. The Morgan fingerprint density at radius 1 is 1.04 bits per heavy atom. The molecule has 1 aromatic carbocycles. The van der Waals surface area contributed by atoms with Gasteiger partial charge >= 0.3 is 0 Å². The summed E-state index contributed by atoms with van der Waals surface area (Å²) >= 11 is 0. The molecule has 2 aromatic heterocycles. The van der Waals surface area contributed by atoms with E-state index < -0.39 is 0 Å². The number of ether oxygens (including phenoxy) is 2. The van der Waals surface area contributed by atoms with Crippen molar-refractivity contribution < 1.29 is 18.8 Å². The van der Waals surface area contributed by atoms with Crippen molar-refractivity contribution in [3.63, 3.8) is 0 Å². The molecular formula is C23H25N2O3+. The summed E-state index contributed by atoms with van der Waals surface area (Å²) in [4.78, 5) is 16.8. The Balaban J connectivity index is 1.53. The maximum Gasteiger partial charge on any atom is 0.227 e. The number of Topliss-reactive ketones (excluding diaryl/α,β-unsaturated/α-hetero) is 1. The molecule has 0 fully saturated rings. The molecule has 5 nitrogen and oxygen atoms in total. The quantitative estimate of drug-likeness (QED) is 0.325. The van der Waals surface area contributed by atoms with E-state index in [0.717, 1.165) is 35.7 Å². The summed E-state index contributed by atoms with van der Waals surface area (Å²) in [5, 5.41) is 0. The molecule has 0 atom stereocenters. The standard InChI is InChI=1S/C23H25N2O3/c1-18-10-12-22(16-25(18)17-23(26)19-7-4-3-5-8-19)28-14-6-9-20-11-13-21(27-2)15-24-20/h3-5,7-8,10-13,15-16H,6,9,14,17H2,1-2H3/q+1. The lowest BCUT2D eigenvalue weighted by atomic mass is 10.1. The summed E-state index contributed by atoms with van der Waals surface area (Å²) in [5.74, 6) is 1.60. The fraction of sp³-hybridized carbons (Fsp3) is 0.261. The zero-order valence-electron chi connectivity index (χ0n) is 16.3. The third-order valence-electron chi connectivity index (χ3n) is 4.51. The average molecular weight is 377 g/mol. The Hall–Kier alpha value is -3.21. The molecule has 3 aromatic rings. The number of pyridine rings is 2. The first kappa shape index (κ1) is 19.5. The van der Waals surface area contributed by atoms with E-state index in [1.807, 2.05) is 72.3 Å². The topological polar surface area (TPSA) is 52.3 Å². The Morgan fingerprint density at radius 2 is 1.82 bits per heavy atom. The Morgan fingerprint density at radius 3 is 2.54 bits per heavy atom. The molecule has 0 saturated carbocycles. The molecule has 3 rings (SSSR count). The van der Waals surface area contributed by atoms with Gasteiger partial charge in [-0.2, -0.15) is 4.57 Å². The van der Waals surface area contributed by atoms with Crippen molar-refractivity contribution in [2.24, 2.45) is 0 Å². The van der Waals surface area contributed by atoms with Crippen LogP contribution in [0.3, 0.4) is 0 Å². The normalized spacial score (nSPS) is 10.5. The highest BCUT2D eigenvalue weighted by Gasteiger charge is 2.15. The van der Waals surface area contributed by atoms with Crippen molar-refractivity contribution in [2.45, 2.75) is 26.3 Å². The number of ketones is 1. The van der Waals surface area contributed by atoms with Gasteiger partial charge in [-0.15, -0.1) is 0 Å². The van der Waals surface area contributed by atoms with Gasteiger partial charge in [-0.1, -0.05) is 30.3 Å². The van der Waals surface area contributed by atoms with Crippen molar-refractivity contribution in [1.82, 2.24) is 4.98 Å².